The second-order valence-electron chi connectivity index (χ2n) is 2.06. The molecule has 46 valence electrons. The van der Waals surface area contributed by atoms with Gasteiger partial charge >= 0.3 is 0 Å². The Bertz CT molecular complexity index is 101. The van der Waals surface area contributed by atoms with Crippen molar-refractivity contribution in [3.8, 4) is 0 Å². The van der Waals surface area contributed by atoms with Gasteiger partial charge in [0.1, 0.15) is 0 Å². The predicted molar refractivity (Wildman–Crippen MR) is 35.9 cm³/mol. The highest BCUT2D eigenvalue weighted by Crippen LogP contribution is 2.27. The summed E-state index contributed by atoms with van der Waals surface area (Å²) in [6.07, 6.45) is 2.14. The van der Waals surface area contributed by atoms with Crippen LogP contribution < -0.4 is 0 Å². The van der Waals surface area contributed by atoms with Crippen molar-refractivity contribution in [2.24, 2.45) is 5.92 Å². The molecule has 1 atom stereocenters. The fraction of sp³-hybridized carbons (Fsp3) is 0.833. The Kier molecular flexibility index (Phi) is 1.95. The Labute approximate surface area is 53.8 Å². The summed E-state index contributed by atoms with van der Waals surface area (Å²) in [5.41, 5.74) is 0. The van der Waals surface area contributed by atoms with E-state index in [0.717, 1.165) is 18.6 Å². The number of carbonyl (C=O) groups excluding carboxylic acids is 1. The van der Waals surface area contributed by atoms with Crippen molar-refractivity contribution < 1.29 is 4.79 Å². The highest BCUT2D eigenvalue weighted by atomic mass is 32.2. The zero-order valence-electron chi connectivity index (χ0n) is 5.02. The van der Waals surface area contributed by atoms with Crippen LogP contribution in [-0.2, 0) is 4.79 Å². The first-order chi connectivity index (χ1) is 3.84. The summed E-state index contributed by atoms with van der Waals surface area (Å²) in [6, 6.07) is 0. The van der Waals surface area contributed by atoms with E-state index in [0.29, 0.717) is 11.0 Å². The third-order valence-electron chi connectivity index (χ3n) is 1.54. The predicted octanol–water partition coefficient (Wildman–Crippen LogP) is 1.68. The van der Waals surface area contributed by atoms with Gasteiger partial charge in [0.05, 0.1) is 0 Å². The van der Waals surface area contributed by atoms with Crippen LogP contribution in [0.3, 0.4) is 0 Å². The molecule has 0 bridgehead atoms. The van der Waals surface area contributed by atoms with Crippen LogP contribution in [0.2, 0.25) is 0 Å². The molecule has 1 rings (SSSR count). The van der Waals surface area contributed by atoms with Crippen LogP contribution in [0.5, 0.6) is 0 Å². The molecule has 1 nitrogen and oxygen atoms in total. The molecule has 0 unspecified atom stereocenters. The van der Waals surface area contributed by atoms with Gasteiger partial charge in [-0.15, -0.1) is 0 Å². The van der Waals surface area contributed by atoms with Crippen molar-refractivity contribution in [2.45, 2.75) is 19.8 Å². The van der Waals surface area contributed by atoms with Crippen LogP contribution in [0.25, 0.3) is 0 Å². The van der Waals surface area contributed by atoms with Crippen LogP contribution in [0.15, 0.2) is 0 Å². The van der Waals surface area contributed by atoms with Crippen molar-refractivity contribution in [3.63, 3.8) is 0 Å². The van der Waals surface area contributed by atoms with E-state index in [1.807, 2.05) is 0 Å². The summed E-state index contributed by atoms with van der Waals surface area (Å²) in [5.74, 6) is 1.44. The van der Waals surface area contributed by atoms with Crippen LogP contribution in [0.4, 0.5) is 0 Å². The number of thioether (sulfide) groups is 1. The molecule has 0 aromatic carbocycles. The molecular weight excluding hydrogens is 120 g/mol. The molecule has 1 heterocycles. The number of hydrogen-bond acceptors (Lipinski definition) is 2. The number of hydrogen-bond donors (Lipinski definition) is 0. The van der Waals surface area contributed by atoms with Crippen molar-refractivity contribution in [1.29, 1.82) is 0 Å². The summed E-state index contributed by atoms with van der Waals surface area (Å²) < 4.78 is 0. The normalized spacial score (nSPS) is 29.1. The van der Waals surface area contributed by atoms with E-state index in [1.54, 1.807) is 0 Å². The third-order valence-corrected chi connectivity index (χ3v) is 2.59. The van der Waals surface area contributed by atoms with E-state index in [1.165, 1.54) is 11.8 Å². The molecule has 8 heavy (non-hydrogen) atoms. The van der Waals surface area contributed by atoms with Gasteiger partial charge in [0.15, 0.2) is 5.12 Å². The molecule has 0 aliphatic carbocycles. The minimum absolute atomic E-state index is 0.389. The molecule has 0 N–H and O–H groups in total. The number of carbonyl (C=O) groups is 1. The summed E-state index contributed by atoms with van der Waals surface area (Å²) in [4.78, 5) is 10.8. The van der Waals surface area contributed by atoms with Crippen LogP contribution in [0, 0.1) is 5.92 Å². The van der Waals surface area contributed by atoms with E-state index in [4.69, 9.17) is 0 Å². The molecular formula is C6H10OS. The molecule has 1 saturated heterocycles. The quantitative estimate of drug-likeness (QED) is 0.537. The molecule has 1 fully saturated rings. The topological polar surface area (TPSA) is 17.1 Å². The van der Waals surface area contributed by atoms with E-state index in [9.17, 15) is 4.79 Å². The molecule has 0 spiro atoms. The average molecular weight is 130 g/mol. The first-order valence-corrected chi connectivity index (χ1v) is 3.99. The second kappa shape index (κ2) is 2.53. The standard InChI is InChI=1S/C6H10OS/c1-2-5-3-4-8-6(5)7/h5H,2-4H2,1H3/t5-/m0/s1. The van der Waals surface area contributed by atoms with Gasteiger partial charge in [-0.25, -0.2) is 0 Å². The zero-order chi connectivity index (χ0) is 5.98. The molecule has 2 heteroatoms. The van der Waals surface area contributed by atoms with E-state index in [-0.39, 0.29) is 0 Å². The fourth-order valence-electron chi connectivity index (χ4n) is 0.908. The lowest BCUT2D eigenvalue weighted by Crippen LogP contribution is -2.00. The minimum Gasteiger partial charge on any atom is -0.287 e. The van der Waals surface area contributed by atoms with Crippen molar-refractivity contribution in [2.75, 3.05) is 5.75 Å². The smallest absolute Gasteiger partial charge is 0.192 e. The summed E-state index contributed by atoms with van der Waals surface area (Å²) in [6.45, 7) is 2.08. The third kappa shape index (κ3) is 1.05. The summed E-state index contributed by atoms with van der Waals surface area (Å²) >= 11 is 1.49. The summed E-state index contributed by atoms with van der Waals surface area (Å²) in [5, 5.41) is 0.410. The largest absolute Gasteiger partial charge is 0.287 e. The average Bonchev–Trinajstić information content (AvgIpc) is 2.14. The van der Waals surface area contributed by atoms with Gasteiger partial charge in [0, 0.05) is 11.7 Å². The van der Waals surface area contributed by atoms with Gasteiger partial charge in [-0.2, -0.15) is 0 Å². The highest BCUT2D eigenvalue weighted by molar-refractivity contribution is 8.14. The Balaban J connectivity index is 2.42. The van der Waals surface area contributed by atoms with Gasteiger partial charge in [-0.1, -0.05) is 18.7 Å². The van der Waals surface area contributed by atoms with Crippen LogP contribution in [-0.4, -0.2) is 10.9 Å². The zero-order valence-corrected chi connectivity index (χ0v) is 5.83. The van der Waals surface area contributed by atoms with Crippen molar-refractivity contribution in [1.82, 2.24) is 0 Å². The van der Waals surface area contributed by atoms with E-state index in [2.05, 4.69) is 6.92 Å². The molecule has 0 amide bonds. The SMILES string of the molecule is CC[C@H]1CCSC1=O. The van der Waals surface area contributed by atoms with Gasteiger partial charge in [-0.3, -0.25) is 4.79 Å². The molecule has 0 radical (unpaired) electrons. The van der Waals surface area contributed by atoms with E-state index >= 15 is 0 Å². The van der Waals surface area contributed by atoms with Crippen molar-refractivity contribution >= 4 is 16.9 Å². The number of rotatable bonds is 1. The first kappa shape index (κ1) is 6.14. The second-order valence-corrected chi connectivity index (χ2v) is 3.16. The molecule has 0 aromatic heterocycles. The first-order valence-electron chi connectivity index (χ1n) is 3.01. The minimum atomic E-state index is 0.389. The van der Waals surface area contributed by atoms with Crippen LogP contribution >= 0.6 is 11.8 Å². The lowest BCUT2D eigenvalue weighted by Gasteiger charge is -1.97. The molecule has 1 aliphatic rings. The Morgan fingerprint density at radius 2 is 2.62 bits per heavy atom. The van der Waals surface area contributed by atoms with Gasteiger partial charge in [0.2, 0.25) is 0 Å². The highest BCUT2D eigenvalue weighted by Gasteiger charge is 2.22. The van der Waals surface area contributed by atoms with E-state index < -0.39 is 0 Å². The molecule has 0 saturated carbocycles. The van der Waals surface area contributed by atoms with Gasteiger partial charge < -0.3 is 0 Å². The lowest BCUT2D eigenvalue weighted by molar-refractivity contribution is -0.113. The maximum absolute atomic E-state index is 10.8. The fourth-order valence-corrected chi connectivity index (χ4v) is 2.03. The molecule has 1 aliphatic heterocycles. The van der Waals surface area contributed by atoms with Gasteiger partial charge in [0.25, 0.3) is 0 Å². The van der Waals surface area contributed by atoms with Crippen LogP contribution in [0.1, 0.15) is 19.8 Å². The monoisotopic (exact) mass is 130 g/mol. The maximum atomic E-state index is 10.8. The Morgan fingerprint density at radius 3 is 2.88 bits per heavy atom. The summed E-state index contributed by atoms with van der Waals surface area (Å²) in [7, 11) is 0. The van der Waals surface area contributed by atoms with Crippen molar-refractivity contribution in [3.05, 3.63) is 0 Å². The molecule has 0 aromatic rings. The van der Waals surface area contributed by atoms with Gasteiger partial charge in [-0.05, 0) is 12.8 Å². The lowest BCUT2D eigenvalue weighted by atomic mass is 10.1. The maximum Gasteiger partial charge on any atom is 0.192 e. The Hall–Kier alpha value is 0.0200. The Morgan fingerprint density at radius 1 is 1.88 bits per heavy atom.